The summed E-state index contributed by atoms with van der Waals surface area (Å²) in [6.45, 7) is 0. The number of aryl methyl sites for hydroxylation is 1. The third kappa shape index (κ3) is 4.32. The van der Waals surface area contributed by atoms with Gasteiger partial charge in [0.1, 0.15) is 0 Å². The molecule has 4 rings (SSSR count). The third-order valence-electron chi connectivity index (χ3n) is 5.10. The van der Waals surface area contributed by atoms with Crippen LogP contribution >= 0.6 is 0 Å². The highest BCUT2D eigenvalue weighted by atomic mass is 32.2. The molecule has 0 aliphatic heterocycles. The summed E-state index contributed by atoms with van der Waals surface area (Å²) in [5.74, 6) is -0.246. The largest absolute Gasteiger partial charge is 0.322 e. The topological polar surface area (TPSA) is 75.3 Å². The van der Waals surface area contributed by atoms with Crippen LogP contribution in [-0.2, 0) is 22.9 Å². The van der Waals surface area contributed by atoms with E-state index in [0.29, 0.717) is 11.3 Å². The molecule has 2 N–H and O–H groups in total. The predicted molar refractivity (Wildman–Crippen MR) is 115 cm³/mol. The summed E-state index contributed by atoms with van der Waals surface area (Å²) < 4.78 is 27.6. The molecule has 0 fully saturated rings. The van der Waals surface area contributed by atoms with Gasteiger partial charge in [0, 0.05) is 16.9 Å². The number of rotatable bonds is 5. The van der Waals surface area contributed by atoms with Crippen molar-refractivity contribution in [1.82, 2.24) is 0 Å². The maximum absolute atomic E-state index is 12.7. The zero-order valence-electron chi connectivity index (χ0n) is 15.9. The van der Waals surface area contributed by atoms with Crippen LogP contribution in [0, 0.1) is 0 Å². The van der Waals surface area contributed by atoms with Gasteiger partial charge in [0.05, 0.1) is 4.90 Å². The molecule has 1 amide bonds. The van der Waals surface area contributed by atoms with E-state index in [0.717, 1.165) is 24.9 Å². The van der Waals surface area contributed by atoms with E-state index in [-0.39, 0.29) is 10.8 Å². The molecular weight excluding hydrogens is 384 g/mol. The van der Waals surface area contributed by atoms with E-state index >= 15 is 0 Å². The van der Waals surface area contributed by atoms with Crippen LogP contribution in [0.1, 0.15) is 34.3 Å². The average molecular weight is 407 g/mol. The first-order valence-corrected chi connectivity index (χ1v) is 11.1. The normalized spacial score (nSPS) is 13.4. The maximum atomic E-state index is 12.7. The van der Waals surface area contributed by atoms with Crippen molar-refractivity contribution in [3.8, 4) is 0 Å². The summed E-state index contributed by atoms with van der Waals surface area (Å²) in [4.78, 5) is 12.8. The molecule has 3 aromatic rings. The number of sulfonamides is 1. The molecule has 0 radical (unpaired) electrons. The van der Waals surface area contributed by atoms with E-state index in [2.05, 4.69) is 16.1 Å². The van der Waals surface area contributed by atoms with Crippen LogP contribution in [0.2, 0.25) is 0 Å². The van der Waals surface area contributed by atoms with Crippen molar-refractivity contribution in [3.63, 3.8) is 0 Å². The van der Waals surface area contributed by atoms with Crippen LogP contribution in [0.25, 0.3) is 0 Å². The van der Waals surface area contributed by atoms with Gasteiger partial charge in [-0.1, -0.05) is 30.3 Å². The van der Waals surface area contributed by atoms with Gasteiger partial charge >= 0.3 is 0 Å². The van der Waals surface area contributed by atoms with E-state index in [4.69, 9.17) is 0 Å². The van der Waals surface area contributed by atoms with Crippen LogP contribution in [0.15, 0.2) is 77.7 Å². The number of hydrogen-bond donors (Lipinski definition) is 2. The molecule has 29 heavy (non-hydrogen) atoms. The Hall–Kier alpha value is -3.12. The smallest absolute Gasteiger partial charge is 0.261 e. The summed E-state index contributed by atoms with van der Waals surface area (Å²) in [5, 5.41) is 2.98. The number of carbonyl (C=O) groups is 1. The van der Waals surface area contributed by atoms with Gasteiger partial charge < -0.3 is 5.32 Å². The average Bonchev–Trinajstić information content (AvgIpc) is 2.74. The minimum Gasteiger partial charge on any atom is -0.322 e. The Morgan fingerprint density at radius 2 is 1.52 bits per heavy atom. The highest BCUT2D eigenvalue weighted by Gasteiger charge is 2.17. The minimum absolute atomic E-state index is 0.106. The summed E-state index contributed by atoms with van der Waals surface area (Å²) in [7, 11) is -3.71. The molecule has 148 valence electrons. The van der Waals surface area contributed by atoms with Crippen molar-refractivity contribution >= 4 is 27.3 Å². The van der Waals surface area contributed by atoms with Crippen molar-refractivity contribution < 1.29 is 13.2 Å². The highest BCUT2D eigenvalue weighted by molar-refractivity contribution is 7.92. The lowest BCUT2D eigenvalue weighted by molar-refractivity contribution is 0.102. The van der Waals surface area contributed by atoms with E-state index < -0.39 is 10.0 Å². The summed E-state index contributed by atoms with van der Waals surface area (Å²) in [6, 6.07) is 20.6. The first-order chi connectivity index (χ1) is 14.0. The zero-order chi connectivity index (χ0) is 20.3. The number of amides is 1. The summed E-state index contributed by atoms with van der Waals surface area (Å²) in [5.41, 5.74) is 4.25. The highest BCUT2D eigenvalue weighted by Crippen LogP contribution is 2.28. The van der Waals surface area contributed by atoms with Gasteiger partial charge in [-0.2, -0.15) is 0 Å². The van der Waals surface area contributed by atoms with Crippen LogP contribution in [-0.4, -0.2) is 14.3 Å². The first-order valence-electron chi connectivity index (χ1n) is 9.63. The second-order valence-electron chi connectivity index (χ2n) is 7.10. The number of anilines is 2. The lowest BCUT2D eigenvalue weighted by Crippen LogP contribution is -2.16. The van der Waals surface area contributed by atoms with Gasteiger partial charge in [-0.05, 0) is 79.3 Å². The van der Waals surface area contributed by atoms with Gasteiger partial charge in [-0.25, -0.2) is 8.42 Å². The Kier molecular flexibility index (Phi) is 5.36. The van der Waals surface area contributed by atoms with Gasteiger partial charge in [-0.3, -0.25) is 9.52 Å². The Bertz CT molecular complexity index is 1120. The standard InChI is InChI=1S/C23H22N2O3S/c26-23(24-22-12-6-8-17-7-4-5-11-21(17)22)18-13-15-20(16-14-18)29(27,28)25-19-9-2-1-3-10-19/h1-3,6,8-10,12-16,25H,4-5,7,11H2,(H,24,26). The molecule has 1 aliphatic rings. The number of hydrogen-bond acceptors (Lipinski definition) is 3. The Balaban J connectivity index is 1.50. The van der Waals surface area contributed by atoms with Crippen molar-refractivity contribution in [2.75, 3.05) is 10.0 Å². The maximum Gasteiger partial charge on any atom is 0.261 e. The minimum atomic E-state index is -3.71. The SMILES string of the molecule is O=C(Nc1cccc2c1CCCC2)c1ccc(S(=O)(=O)Nc2ccccc2)cc1. The monoisotopic (exact) mass is 406 g/mol. The fraction of sp³-hybridized carbons (Fsp3) is 0.174. The van der Waals surface area contributed by atoms with Gasteiger partial charge in [0.15, 0.2) is 0 Å². The number of fused-ring (bicyclic) bond motifs is 1. The number of benzene rings is 3. The molecule has 6 heteroatoms. The molecule has 0 atom stereocenters. The molecule has 1 aliphatic carbocycles. The van der Waals surface area contributed by atoms with Crippen LogP contribution in [0.4, 0.5) is 11.4 Å². The van der Waals surface area contributed by atoms with E-state index in [1.54, 1.807) is 24.3 Å². The lowest BCUT2D eigenvalue weighted by Gasteiger charge is -2.19. The van der Waals surface area contributed by atoms with E-state index in [9.17, 15) is 13.2 Å². The quantitative estimate of drug-likeness (QED) is 0.649. The Morgan fingerprint density at radius 1 is 0.793 bits per heavy atom. The van der Waals surface area contributed by atoms with Crippen LogP contribution in [0.5, 0.6) is 0 Å². The molecule has 3 aromatic carbocycles. The number of para-hydroxylation sites is 1. The Morgan fingerprint density at radius 3 is 2.28 bits per heavy atom. The predicted octanol–water partition coefficient (Wildman–Crippen LogP) is 4.62. The molecule has 0 heterocycles. The Labute approximate surface area is 170 Å². The molecule has 0 bridgehead atoms. The van der Waals surface area contributed by atoms with Crippen LogP contribution in [0.3, 0.4) is 0 Å². The second-order valence-corrected chi connectivity index (χ2v) is 8.78. The van der Waals surface area contributed by atoms with Crippen molar-refractivity contribution in [2.45, 2.75) is 30.6 Å². The zero-order valence-corrected chi connectivity index (χ0v) is 16.7. The van der Waals surface area contributed by atoms with Crippen molar-refractivity contribution in [2.24, 2.45) is 0 Å². The molecule has 0 unspecified atom stereocenters. The number of carbonyl (C=O) groups excluding carboxylic acids is 1. The van der Waals surface area contributed by atoms with Crippen molar-refractivity contribution in [1.29, 1.82) is 0 Å². The first kappa shape index (κ1) is 19.2. The van der Waals surface area contributed by atoms with Crippen molar-refractivity contribution in [3.05, 3.63) is 89.5 Å². The fourth-order valence-electron chi connectivity index (χ4n) is 3.60. The van der Waals surface area contributed by atoms with E-state index in [1.165, 1.54) is 41.8 Å². The second kappa shape index (κ2) is 8.09. The molecular formula is C23H22N2O3S. The molecule has 0 saturated heterocycles. The van der Waals surface area contributed by atoms with Gasteiger partial charge in [-0.15, -0.1) is 0 Å². The molecule has 5 nitrogen and oxygen atoms in total. The van der Waals surface area contributed by atoms with Gasteiger partial charge in [0.2, 0.25) is 0 Å². The third-order valence-corrected chi connectivity index (χ3v) is 6.49. The lowest BCUT2D eigenvalue weighted by atomic mass is 9.90. The summed E-state index contributed by atoms with van der Waals surface area (Å²) in [6.07, 6.45) is 4.31. The number of nitrogens with one attached hydrogen (secondary N) is 2. The molecule has 0 saturated carbocycles. The van der Waals surface area contributed by atoms with Gasteiger partial charge in [0.25, 0.3) is 15.9 Å². The fourth-order valence-corrected chi connectivity index (χ4v) is 4.66. The summed E-state index contributed by atoms with van der Waals surface area (Å²) >= 11 is 0. The van der Waals surface area contributed by atoms with E-state index in [1.807, 2.05) is 18.2 Å². The molecule has 0 aromatic heterocycles. The molecule has 0 spiro atoms. The van der Waals surface area contributed by atoms with Crippen LogP contribution < -0.4 is 10.0 Å².